The number of nitrogens with zero attached hydrogens (tertiary/aromatic N) is 1. The zero-order valence-corrected chi connectivity index (χ0v) is 10.9. The number of nitrogens with two attached hydrogens (primary N) is 1. The molecule has 0 spiro atoms. The molecule has 100 valence electrons. The zero-order chi connectivity index (χ0) is 13.7. The van der Waals surface area contributed by atoms with Crippen LogP contribution >= 0.6 is 0 Å². The maximum absolute atomic E-state index is 12.1. The molecule has 1 aromatic carbocycles. The van der Waals surface area contributed by atoms with E-state index >= 15 is 0 Å². The molecule has 0 saturated carbocycles. The number of aromatic nitrogens is 2. The number of H-pyrrole nitrogens is 1. The van der Waals surface area contributed by atoms with E-state index < -0.39 is 0 Å². The van der Waals surface area contributed by atoms with Gasteiger partial charge in [0.05, 0.1) is 17.5 Å². The number of carbonyl (C=O) groups is 1. The van der Waals surface area contributed by atoms with Crippen molar-refractivity contribution in [3.05, 3.63) is 42.1 Å². The molecule has 1 atom stereocenters. The summed E-state index contributed by atoms with van der Waals surface area (Å²) >= 11 is 0. The first-order valence-corrected chi connectivity index (χ1v) is 6.29. The van der Waals surface area contributed by atoms with E-state index in [0.29, 0.717) is 18.7 Å². The molecule has 1 heterocycles. The minimum atomic E-state index is -0.132. The molecule has 5 heteroatoms. The lowest BCUT2D eigenvalue weighted by molar-refractivity contribution is 0.0949. The highest BCUT2D eigenvalue weighted by Gasteiger charge is 2.15. The second-order valence-electron chi connectivity index (χ2n) is 4.58. The number of benzene rings is 1. The molecule has 19 heavy (non-hydrogen) atoms. The van der Waals surface area contributed by atoms with Gasteiger partial charge in [0.25, 0.3) is 5.91 Å². The molecule has 5 nitrogen and oxygen atoms in total. The number of aromatic amines is 1. The lowest BCUT2D eigenvalue weighted by atomic mass is 10.1. The third-order valence-electron chi connectivity index (χ3n) is 2.96. The topological polar surface area (TPSA) is 83.8 Å². The molecule has 1 unspecified atom stereocenters. The Balaban J connectivity index is 2.14. The van der Waals surface area contributed by atoms with Crippen molar-refractivity contribution in [3.8, 4) is 11.3 Å². The van der Waals surface area contributed by atoms with Gasteiger partial charge >= 0.3 is 0 Å². The number of carbonyl (C=O) groups excluding carboxylic acids is 1. The summed E-state index contributed by atoms with van der Waals surface area (Å²) in [5.74, 6) is 0.129. The zero-order valence-electron chi connectivity index (χ0n) is 10.9. The fourth-order valence-electron chi connectivity index (χ4n) is 1.73. The number of nitrogens with one attached hydrogen (secondary N) is 2. The standard InChI is InChI=1S/C14H18N4O/c1-10(7-15)8-16-14(19)12-9-17-18-13(12)11-5-3-2-4-6-11/h2-6,9-10H,7-8,15H2,1H3,(H,16,19)(H,17,18). The number of amides is 1. The van der Waals surface area contributed by atoms with Crippen molar-refractivity contribution in [2.75, 3.05) is 13.1 Å². The lowest BCUT2D eigenvalue weighted by Gasteiger charge is -2.10. The van der Waals surface area contributed by atoms with Crippen LogP contribution < -0.4 is 11.1 Å². The smallest absolute Gasteiger partial charge is 0.255 e. The van der Waals surface area contributed by atoms with E-state index in [1.54, 1.807) is 6.20 Å². The van der Waals surface area contributed by atoms with Crippen LogP contribution in [0, 0.1) is 5.92 Å². The van der Waals surface area contributed by atoms with Gasteiger partial charge in [-0.2, -0.15) is 5.10 Å². The summed E-state index contributed by atoms with van der Waals surface area (Å²) in [7, 11) is 0. The summed E-state index contributed by atoms with van der Waals surface area (Å²) in [6, 6.07) is 9.66. The van der Waals surface area contributed by atoms with Gasteiger partial charge in [-0.1, -0.05) is 37.3 Å². The van der Waals surface area contributed by atoms with Crippen molar-refractivity contribution in [1.29, 1.82) is 0 Å². The summed E-state index contributed by atoms with van der Waals surface area (Å²) in [4.78, 5) is 12.1. The minimum Gasteiger partial charge on any atom is -0.352 e. The van der Waals surface area contributed by atoms with Crippen LogP contribution in [-0.2, 0) is 0 Å². The largest absolute Gasteiger partial charge is 0.352 e. The van der Waals surface area contributed by atoms with Crippen molar-refractivity contribution in [2.24, 2.45) is 11.7 Å². The molecular weight excluding hydrogens is 240 g/mol. The van der Waals surface area contributed by atoms with Crippen molar-refractivity contribution in [3.63, 3.8) is 0 Å². The average molecular weight is 258 g/mol. The Hall–Kier alpha value is -2.14. The maximum Gasteiger partial charge on any atom is 0.255 e. The Labute approximate surface area is 112 Å². The van der Waals surface area contributed by atoms with Crippen LogP contribution in [0.25, 0.3) is 11.3 Å². The van der Waals surface area contributed by atoms with Crippen LogP contribution in [0.3, 0.4) is 0 Å². The fourth-order valence-corrected chi connectivity index (χ4v) is 1.73. The predicted molar refractivity (Wildman–Crippen MR) is 74.6 cm³/mol. The molecule has 2 aromatic rings. The Kier molecular flexibility index (Phi) is 4.30. The van der Waals surface area contributed by atoms with Crippen LogP contribution in [0.2, 0.25) is 0 Å². The molecule has 0 saturated heterocycles. The van der Waals surface area contributed by atoms with E-state index in [-0.39, 0.29) is 11.8 Å². The SMILES string of the molecule is CC(CN)CNC(=O)c1cn[nH]c1-c1ccccc1. The van der Waals surface area contributed by atoms with E-state index in [2.05, 4.69) is 15.5 Å². The van der Waals surface area contributed by atoms with Gasteiger partial charge in [0, 0.05) is 12.1 Å². The maximum atomic E-state index is 12.1. The highest BCUT2D eigenvalue weighted by Crippen LogP contribution is 2.20. The second-order valence-corrected chi connectivity index (χ2v) is 4.58. The van der Waals surface area contributed by atoms with Crippen LogP contribution in [0.5, 0.6) is 0 Å². The molecule has 0 radical (unpaired) electrons. The van der Waals surface area contributed by atoms with Crippen LogP contribution in [0.15, 0.2) is 36.5 Å². The molecule has 1 aromatic heterocycles. The van der Waals surface area contributed by atoms with Gasteiger partial charge in [-0.3, -0.25) is 9.89 Å². The van der Waals surface area contributed by atoms with Crippen molar-refractivity contribution in [2.45, 2.75) is 6.92 Å². The van der Waals surface area contributed by atoms with Crippen molar-refractivity contribution >= 4 is 5.91 Å². The van der Waals surface area contributed by atoms with Gasteiger partial charge in [-0.05, 0) is 12.5 Å². The summed E-state index contributed by atoms with van der Waals surface area (Å²) in [6.07, 6.45) is 1.55. The highest BCUT2D eigenvalue weighted by atomic mass is 16.1. The number of rotatable bonds is 5. The fraction of sp³-hybridized carbons (Fsp3) is 0.286. The summed E-state index contributed by atoms with van der Waals surface area (Å²) < 4.78 is 0. The Morgan fingerprint density at radius 2 is 2.16 bits per heavy atom. The Bertz CT molecular complexity index is 535. The molecule has 0 fully saturated rings. The average Bonchev–Trinajstić information content (AvgIpc) is 2.94. The Morgan fingerprint density at radius 3 is 2.84 bits per heavy atom. The van der Waals surface area contributed by atoms with E-state index in [9.17, 15) is 4.79 Å². The van der Waals surface area contributed by atoms with E-state index in [0.717, 1.165) is 11.3 Å². The molecule has 0 aliphatic rings. The highest BCUT2D eigenvalue weighted by molar-refractivity contribution is 5.99. The van der Waals surface area contributed by atoms with Gasteiger partial charge in [-0.25, -0.2) is 0 Å². The summed E-state index contributed by atoms with van der Waals surface area (Å²) in [6.45, 7) is 3.11. The molecule has 0 bridgehead atoms. The van der Waals surface area contributed by atoms with E-state index in [4.69, 9.17) is 5.73 Å². The predicted octanol–water partition coefficient (Wildman–Crippen LogP) is 1.40. The first kappa shape index (κ1) is 13.3. The van der Waals surface area contributed by atoms with E-state index in [1.165, 1.54) is 0 Å². The first-order chi connectivity index (χ1) is 9.22. The molecule has 2 rings (SSSR count). The molecule has 0 aliphatic heterocycles. The molecule has 4 N–H and O–H groups in total. The first-order valence-electron chi connectivity index (χ1n) is 6.29. The monoisotopic (exact) mass is 258 g/mol. The molecule has 0 aliphatic carbocycles. The summed E-state index contributed by atoms with van der Waals surface area (Å²) in [5, 5.41) is 9.69. The van der Waals surface area contributed by atoms with Gasteiger partial charge in [-0.15, -0.1) is 0 Å². The van der Waals surface area contributed by atoms with Crippen LogP contribution in [0.1, 0.15) is 17.3 Å². The van der Waals surface area contributed by atoms with E-state index in [1.807, 2.05) is 37.3 Å². The second kappa shape index (κ2) is 6.15. The van der Waals surface area contributed by atoms with Crippen molar-refractivity contribution < 1.29 is 4.79 Å². The van der Waals surface area contributed by atoms with Crippen LogP contribution in [-0.4, -0.2) is 29.2 Å². The normalized spacial score (nSPS) is 12.1. The van der Waals surface area contributed by atoms with Crippen molar-refractivity contribution in [1.82, 2.24) is 15.5 Å². The number of hydrogen-bond donors (Lipinski definition) is 3. The Morgan fingerprint density at radius 1 is 1.42 bits per heavy atom. The molecule has 1 amide bonds. The summed E-state index contributed by atoms with van der Waals surface area (Å²) in [5.41, 5.74) is 7.76. The number of hydrogen-bond acceptors (Lipinski definition) is 3. The minimum absolute atomic E-state index is 0.132. The van der Waals surface area contributed by atoms with Gasteiger partial charge in [0.2, 0.25) is 0 Å². The molecular formula is C14H18N4O. The van der Waals surface area contributed by atoms with Gasteiger partial charge in [0.1, 0.15) is 0 Å². The quantitative estimate of drug-likeness (QED) is 0.758. The third kappa shape index (κ3) is 3.20. The van der Waals surface area contributed by atoms with Gasteiger partial charge < -0.3 is 11.1 Å². The van der Waals surface area contributed by atoms with Gasteiger partial charge in [0.15, 0.2) is 0 Å². The van der Waals surface area contributed by atoms with Crippen LogP contribution in [0.4, 0.5) is 0 Å². The third-order valence-corrected chi connectivity index (χ3v) is 2.96. The lowest BCUT2D eigenvalue weighted by Crippen LogP contribution is -2.31.